The third-order valence-corrected chi connectivity index (χ3v) is 2.11. The summed E-state index contributed by atoms with van der Waals surface area (Å²) in [6.07, 6.45) is -3.89. The first-order chi connectivity index (χ1) is 8.31. The zero-order valence-electron chi connectivity index (χ0n) is 9.91. The van der Waals surface area contributed by atoms with Crippen LogP contribution in [0.15, 0.2) is 18.3 Å². The van der Waals surface area contributed by atoms with Crippen LogP contribution >= 0.6 is 0 Å². The Morgan fingerprint density at radius 2 is 2.22 bits per heavy atom. The monoisotopic (exact) mass is 262 g/mol. The molecule has 1 aromatic heterocycles. The lowest BCUT2D eigenvalue weighted by Gasteiger charge is -2.16. The van der Waals surface area contributed by atoms with E-state index in [1.165, 1.54) is 32.4 Å². The average molecular weight is 262 g/mol. The van der Waals surface area contributed by atoms with E-state index in [9.17, 15) is 18.0 Å². The number of anilines is 1. The van der Waals surface area contributed by atoms with Gasteiger partial charge < -0.3 is 10.1 Å². The van der Waals surface area contributed by atoms with Crippen LogP contribution in [-0.4, -0.2) is 30.3 Å². The highest BCUT2D eigenvalue weighted by Crippen LogP contribution is 2.23. The van der Waals surface area contributed by atoms with Crippen LogP contribution in [0.4, 0.5) is 19.0 Å². The second-order valence-corrected chi connectivity index (χ2v) is 3.79. The number of methoxy groups -OCH3 is 1. The molecule has 18 heavy (non-hydrogen) atoms. The SMILES string of the molecule is COC(=O)c1ccnc(NC(C)CC(F)(F)F)c1. The van der Waals surface area contributed by atoms with Crippen LogP contribution in [0.3, 0.4) is 0 Å². The Kier molecular flexibility index (Phi) is 4.52. The van der Waals surface area contributed by atoms with Gasteiger partial charge in [0.2, 0.25) is 0 Å². The molecular weight excluding hydrogens is 249 g/mol. The van der Waals surface area contributed by atoms with E-state index in [0.29, 0.717) is 0 Å². The van der Waals surface area contributed by atoms with Crippen molar-refractivity contribution in [3.8, 4) is 0 Å². The number of aromatic nitrogens is 1. The summed E-state index contributed by atoms with van der Waals surface area (Å²) in [5, 5.41) is 2.58. The molecule has 0 amide bonds. The van der Waals surface area contributed by atoms with Crippen molar-refractivity contribution in [2.45, 2.75) is 25.6 Å². The van der Waals surface area contributed by atoms with Crippen molar-refractivity contribution in [1.82, 2.24) is 4.98 Å². The van der Waals surface area contributed by atoms with Crippen molar-refractivity contribution in [3.05, 3.63) is 23.9 Å². The standard InChI is InChI=1S/C11H13F3N2O2/c1-7(6-11(12,13)14)16-9-5-8(3-4-15-9)10(17)18-2/h3-5,7H,6H2,1-2H3,(H,15,16). The highest BCUT2D eigenvalue weighted by Gasteiger charge is 2.30. The number of esters is 1. The first kappa shape index (κ1) is 14.3. The fourth-order valence-corrected chi connectivity index (χ4v) is 1.40. The van der Waals surface area contributed by atoms with Gasteiger partial charge in [-0.2, -0.15) is 13.2 Å². The lowest BCUT2D eigenvalue weighted by atomic mass is 10.2. The van der Waals surface area contributed by atoms with Gasteiger partial charge in [0.05, 0.1) is 19.1 Å². The minimum atomic E-state index is -4.24. The van der Waals surface area contributed by atoms with Crippen LogP contribution in [0, 0.1) is 0 Å². The van der Waals surface area contributed by atoms with E-state index in [1.807, 2.05) is 0 Å². The Labute approximate surface area is 102 Å². The number of carbonyl (C=O) groups excluding carboxylic acids is 1. The number of nitrogens with zero attached hydrogens (tertiary/aromatic N) is 1. The molecule has 1 heterocycles. The van der Waals surface area contributed by atoms with E-state index in [1.54, 1.807) is 0 Å². The zero-order valence-corrected chi connectivity index (χ0v) is 9.91. The summed E-state index contributed by atoms with van der Waals surface area (Å²) in [6.45, 7) is 1.39. The predicted octanol–water partition coefficient (Wildman–Crippen LogP) is 2.62. The topological polar surface area (TPSA) is 51.2 Å². The predicted molar refractivity (Wildman–Crippen MR) is 59.3 cm³/mol. The van der Waals surface area contributed by atoms with Gasteiger partial charge in [-0.15, -0.1) is 0 Å². The minimum Gasteiger partial charge on any atom is -0.465 e. The molecular formula is C11H13F3N2O2. The first-order valence-electron chi connectivity index (χ1n) is 5.19. The summed E-state index contributed by atoms with van der Waals surface area (Å²) in [7, 11) is 1.22. The molecule has 0 aliphatic heterocycles. The normalized spacial score (nSPS) is 12.9. The zero-order chi connectivity index (χ0) is 13.8. The largest absolute Gasteiger partial charge is 0.465 e. The van der Waals surface area contributed by atoms with Crippen LogP contribution in [0.2, 0.25) is 0 Å². The molecule has 1 aromatic rings. The maximum atomic E-state index is 12.1. The van der Waals surface area contributed by atoms with E-state index in [2.05, 4.69) is 15.0 Å². The molecule has 1 rings (SSSR count). The molecule has 1 atom stereocenters. The van der Waals surface area contributed by atoms with Crippen LogP contribution < -0.4 is 5.32 Å². The van der Waals surface area contributed by atoms with Gasteiger partial charge in [-0.25, -0.2) is 9.78 Å². The van der Waals surface area contributed by atoms with Gasteiger partial charge in [0.15, 0.2) is 0 Å². The highest BCUT2D eigenvalue weighted by molar-refractivity contribution is 5.89. The molecule has 0 aliphatic carbocycles. The van der Waals surface area contributed by atoms with Crippen molar-refractivity contribution in [3.63, 3.8) is 0 Å². The summed E-state index contributed by atoms with van der Waals surface area (Å²) in [5.74, 6) is -0.362. The number of hydrogen-bond acceptors (Lipinski definition) is 4. The average Bonchev–Trinajstić information content (AvgIpc) is 2.25. The molecule has 7 heteroatoms. The van der Waals surface area contributed by atoms with E-state index < -0.39 is 24.6 Å². The van der Waals surface area contributed by atoms with Gasteiger partial charge in [0, 0.05) is 12.2 Å². The number of ether oxygens (including phenoxy) is 1. The summed E-state index contributed by atoms with van der Waals surface area (Å²) < 4.78 is 40.9. The van der Waals surface area contributed by atoms with Crippen molar-refractivity contribution >= 4 is 11.8 Å². The number of carbonyl (C=O) groups is 1. The number of halogens is 3. The molecule has 4 nitrogen and oxygen atoms in total. The minimum absolute atomic E-state index is 0.203. The van der Waals surface area contributed by atoms with Crippen molar-refractivity contribution in [2.24, 2.45) is 0 Å². The van der Waals surface area contributed by atoms with Gasteiger partial charge in [-0.05, 0) is 19.1 Å². The third-order valence-electron chi connectivity index (χ3n) is 2.11. The van der Waals surface area contributed by atoms with E-state index in [4.69, 9.17) is 0 Å². The molecule has 0 saturated heterocycles. The number of rotatable bonds is 4. The molecule has 0 saturated carbocycles. The third kappa shape index (κ3) is 4.60. The summed E-state index contributed by atoms with van der Waals surface area (Å²) in [5.41, 5.74) is 0.231. The van der Waals surface area contributed by atoms with Gasteiger partial charge in [0.1, 0.15) is 5.82 Å². The van der Waals surface area contributed by atoms with Crippen LogP contribution in [-0.2, 0) is 4.74 Å². The van der Waals surface area contributed by atoms with Crippen LogP contribution in [0.25, 0.3) is 0 Å². The molecule has 1 unspecified atom stereocenters. The first-order valence-corrected chi connectivity index (χ1v) is 5.19. The number of hydrogen-bond donors (Lipinski definition) is 1. The Balaban J connectivity index is 2.70. The number of nitrogens with one attached hydrogen (secondary N) is 1. The van der Waals surface area contributed by atoms with Crippen LogP contribution in [0.1, 0.15) is 23.7 Å². The number of alkyl halides is 3. The van der Waals surface area contributed by atoms with Gasteiger partial charge in [-0.3, -0.25) is 0 Å². The fourth-order valence-electron chi connectivity index (χ4n) is 1.40. The molecule has 0 aromatic carbocycles. The summed E-state index contributed by atoms with van der Waals surface area (Å²) in [6, 6.07) is 1.94. The molecule has 0 radical (unpaired) electrons. The summed E-state index contributed by atoms with van der Waals surface area (Å²) >= 11 is 0. The van der Waals surface area contributed by atoms with E-state index >= 15 is 0 Å². The van der Waals surface area contributed by atoms with Gasteiger partial charge in [0.25, 0.3) is 0 Å². The molecule has 0 spiro atoms. The van der Waals surface area contributed by atoms with Gasteiger partial charge in [-0.1, -0.05) is 0 Å². The van der Waals surface area contributed by atoms with Crippen molar-refractivity contribution in [1.29, 1.82) is 0 Å². The summed E-state index contributed by atoms with van der Waals surface area (Å²) in [4.78, 5) is 15.1. The lowest BCUT2D eigenvalue weighted by molar-refractivity contribution is -0.136. The molecule has 0 bridgehead atoms. The molecule has 0 aliphatic rings. The Morgan fingerprint density at radius 1 is 1.56 bits per heavy atom. The van der Waals surface area contributed by atoms with Crippen LogP contribution in [0.5, 0.6) is 0 Å². The maximum Gasteiger partial charge on any atom is 0.391 e. The fraction of sp³-hybridized carbons (Fsp3) is 0.455. The smallest absolute Gasteiger partial charge is 0.391 e. The molecule has 100 valence electrons. The molecule has 1 N–H and O–H groups in total. The Bertz CT molecular complexity index is 421. The lowest BCUT2D eigenvalue weighted by Crippen LogP contribution is -2.24. The highest BCUT2D eigenvalue weighted by atomic mass is 19.4. The second-order valence-electron chi connectivity index (χ2n) is 3.79. The van der Waals surface area contributed by atoms with Crippen molar-refractivity contribution < 1.29 is 22.7 Å². The maximum absolute atomic E-state index is 12.1. The molecule has 0 fully saturated rings. The Morgan fingerprint density at radius 3 is 2.78 bits per heavy atom. The number of pyridine rings is 1. The Hall–Kier alpha value is -1.79. The second kappa shape index (κ2) is 5.70. The van der Waals surface area contributed by atoms with Crippen molar-refractivity contribution in [2.75, 3.05) is 12.4 Å². The van der Waals surface area contributed by atoms with E-state index in [-0.39, 0.29) is 11.4 Å². The van der Waals surface area contributed by atoms with Gasteiger partial charge >= 0.3 is 12.1 Å². The van der Waals surface area contributed by atoms with E-state index in [0.717, 1.165) is 0 Å². The quantitative estimate of drug-likeness (QED) is 0.847.